The molecule has 1 nitrogen and oxygen atoms in total. The van der Waals surface area contributed by atoms with E-state index in [1.165, 1.54) is 0 Å². The van der Waals surface area contributed by atoms with Crippen molar-refractivity contribution >= 4 is 44.8 Å². The maximum Gasteiger partial charge on any atom is 0.0666 e. The molecule has 0 fully saturated rings. The minimum absolute atomic E-state index is 0.648. The highest BCUT2D eigenvalue weighted by molar-refractivity contribution is 9.10. The summed E-state index contributed by atoms with van der Waals surface area (Å²) in [4.78, 5) is 0. The van der Waals surface area contributed by atoms with Gasteiger partial charge in [0, 0.05) is 16.0 Å². The van der Waals surface area contributed by atoms with Crippen LogP contribution in [0.5, 0.6) is 0 Å². The Morgan fingerprint density at radius 3 is 2.67 bits per heavy atom. The lowest BCUT2D eigenvalue weighted by molar-refractivity contribution is 1.15. The van der Waals surface area contributed by atoms with E-state index in [9.17, 15) is 0 Å². The van der Waals surface area contributed by atoms with Gasteiger partial charge in [0.2, 0.25) is 0 Å². The van der Waals surface area contributed by atoms with Gasteiger partial charge in [-0.25, -0.2) is 0 Å². The summed E-state index contributed by atoms with van der Waals surface area (Å²) in [5.41, 5.74) is 3.02. The summed E-state index contributed by atoms with van der Waals surface area (Å²) >= 11 is 15.8. The molecule has 0 aliphatic heterocycles. The van der Waals surface area contributed by atoms with Crippen LogP contribution in [0, 0.1) is 6.92 Å². The number of halogens is 3. The summed E-state index contributed by atoms with van der Waals surface area (Å²) in [7, 11) is 0. The average Bonchev–Trinajstić information content (AvgIpc) is 2.33. The van der Waals surface area contributed by atoms with Crippen LogP contribution in [-0.4, -0.2) is 0 Å². The van der Waals surface area contributed by atoms with Gasteiger partial charge in [-0.2, -0.15) is 0 Å². The van der Waals surface area contributed by atoms with Crippen LogP contribution in [0.25, 0.3) is 0 Å². The lowest BCUT2D eigenvalue weighted by atomic mass is 10.2. The van der Waals surface area contributed by atoms with E-state index in [4.69, 9.17) is 23.2 Å². The molecule has 0 unspecified atom stereocenters. The van der Waals surface area contributed by atoms with Crippen molar-refractivity contribution < 1.29 is 0 Å². The fourth-order valence-corrected chi connectivity index (χ4v) is 2.57. The lowest BCUT2D eigenvalue weighted by Gasteiger charge is -2.11. The van der Waals surface area contributed by atoms with Crippen LogP contribution in [0.3, 0.4) is 0 Å². The van der Waals surface area contributed by atoms with Gasteiger partial charge in [0.25, 0.3) is 0 Å². The second-order valence-corrected chi connectivity index (χ2v) is 5.73. The Kier molecular flexibility index (Phi) is 4.55. The minimum atomic E-state index is 0.648. The zero-order chi connectivity index (χ0) is 13.1. The number of benzene rings is 2. The number of hydrogen-bond donors (Lipinski definition) is 1. The van der Waals surface area contributed by atoms with Crippen molar-refractivity contribution in [2.75, 3.05) is 5.32 Å². The Morgan fingerprint density at radius 2 is 1.94 bits per heavy atom. The van der Waals surface area contributed by atoms with Gasteiger partial charge >= 0.3 is 0 Å². The smallest absolute Gasteiger partial charge is 0.0666 e. The minimum Gasteiger partial charge on any atom is -0.380 e. The van der Waals surface area contributed by atoms with E-state index >= 15 is 0 Å². The maximum atomic E-state index is 6.22. The quantitative estimate of drug-likeness (QED) is 0.755. The van der Waals surface area contributed by atoms with Crippen molar-refractivity contribution in [2.24, 2.45) is 0 Å². The van der Waals surface area contributed by atoms with Gasteiger partial charge in [0.05, 0.1) is 10.7 Å². The van der Waals surface area contributed by atoms with Crippen LogP contribution in [0.2, 0.25) is 10.0 Å². The largest absolute Gasteiger partial charge is 0.380 e. The molecule has 18 heavy (non-hydrogen) atoms. The van der Waals surface area contributed by atoms with E-state index in [1.807, 2.05) is 43.3 Å². The van der Waals surface area contributed by atoms with Crippen molar-refractivity contribution in [3.8, 4) is 0 Å². The molecule has 0 amide bonds. The molecule has 0 atom stereocenters. The van der Waals surface area contributed by atoms with Crippen molar-refractivity contribution in [1.29, 1.82) is 0 Å². The Morgan fingerprint density at radius 1 is 1.17 bits per heavy atom. The number of rotatable bonds is 3. The second-order valence-electron chi connectivity index (χ2n) is 4.03. The second kappa shape index (κ2) is 5.96. The zero-order valence-electron chi connectivity index (χ0n) is 9.81. The Hall–Kier alpha value is -0.700. The van der Waals surface area contributed by atoms with Gasteiger partial charge in [-0.1, -0.05) is 57.3 Å². The van der Waals surface area contributed by atoms with Crippen molar-refractivity contribution in [2.45, 2.75) is 13.5 Å². The molecule has 0 saturated heterocycles. The molecule has 0 aromatic heterocycles. The number of hydrogen-bond acceptors (Lipinski definition) is 1. The van der Waals surface area contributed by atoms with Crippen LogP contribution in [0.15, 0.2) is 40.9 Å². The topological polar surface area (TPSA) is 12.0 Å². The number of nitrogens with one attached hydrogen (secondary N) is 1. The molecule has 0 spiro atoms. The van der Waals surface area contributed by atoms with Crippen LogP contribution in [-0.2, 0) is 6.54 Å². The third-order valence-electron chi connectivity index (χ3n) is 2.68. The third kappa shape index (κ3) is 3.19. The average molecular weight is 345 g/mol. The fourth-order valence-electron chi connectivity index (χ4n) is 1.64. The van der Waals surface area contributed by atoms with Crippen LogP contribution >= 0.6 is 39.1 Å². The molecule has 0 aliphatic rings. The van der Waals surface area contributed by atoms with Crippen LogP contribution in [0.4, 0.5) is 5.69 Å². The number of aryl methyl sites for hydroxylation is 1. The zero-order valence-corrected chi connectivity index (χ0v) is 12.9. The van der Waals surface area contributed by atoms with Gasteiger partial charge in [0.15, 0.2) is 0 Å². The summed E-state index contributed by atoms with van der Waals surface area (Å²) in [5.74, 6) is 0. The molecule has 2 rings (SSSR count). The number of anilines is 1. The van der Waals surface area contributed by atoms with Crippen LogP contribution < -0.4 is 5.32 Å². The Labute approximate surface area is 125 Å². The first-order valence-corrected chi connectivity index (χ1v) is 7.06. The van der Waals surface area contributed by atoms with Gasteiger partial charge in [-0.05, 0) is 36.2 Å². The summed E-state index contributed by atoms with van der Waals surface area (Å²) in [6, 6.07) is 11.8. The monoisotopic (exact) mass is 343 g/mol. The van der Waals surface area contributed by atoms with Gasteiger partial charge in [-0.15, -0.1) is 0 Å². The molecule has 2 aromatic rings. The van der Waals surface area contributed by atoms with Crippen LogP contribution in [0.1, 0.15) is 11.1 Å². The summed E-state index contributed by atoms with van der Waals surface area (Å²) in [6.45, 7) is 2.63. The maximum absolute atomic E-state index is 6.22. The van der Waals surface area contributed by atoms with Gasteiger partial charge in [0.1, 0.15) is 0 Å². The predicted octanol–water partition coefficient (Wildman–Crippen LogP) is 5.68. The molecule has 2 aromatic carbocycles. The van der Waals surface area contributed by atoms with Crippen molar-refractivity contribution in [3.05, 3.63) is 62.0 Å². The summed E-state index contributed by atoms with van der Waals surface area (Å²) < 4.78 is 0.977. The molecular formula is C14H12BrCl2N. The molecule has 0 radical (unpaired) electrons. The highest BCUT2D eigenvalue weighted by Crippen LogP contribution is 2.27. The highest BCUT2D eigenvalue weighted by atomic mass is 79.9. The Balaban J connectivity index is 2.14. The van der Waals surface area contributed by atoms with Gasteiger partial charge in [-0.3, -0.25) is 0 Å². The summed E-state index contributed by atoms with van der Waals surface area (Å²) in [5, 5.41) is 4.79. The third-order valence-corrected chi connectivity index (χ3v) is 4.02. The molecule has 4 heteroatoms. The molecule has 0 saturated carbocycles. The first-order chi connectivity index (χ1) is 8.58. The van der Waals surface area contributed by atoms with E-state index in [-0.39, 0.29) is 0 Å². The molecule has 0 heterocycles. The van der Waals surface area contributed by atoms with Crippen molar-refractivity contribution in [1.82, 2.24) is 0 Å². The molecule has 1 N–H and O–H groups in total. The van der Waals surface area contributed by atoms with Gasteiger partial charge < -0.3 is 5.32 Å². The first-order valence-electron chi connectivity index (χ1n) is 5.51. The SMILES string of the molecule is Cc1cccc(NCc2ccc(Br)cc2Cl)c1Cl. The standard InChI is InChI=1S/C14H12BrCl2N/c1-9-3-2-4-13(14(9)17)18-8-10-5-6-11(15)7-12(10)16/h2-7,18H,8H2,1H3. The highest BCUT2D eigenvalue weighted by Gasteiger charge is 2.04. The first kappa shape index (κ1) is 13.7. The normalized spacial score (nSPS) is 10.4. The lowest BCUT2D eigenvalue weighted by Crippen LogP contribution is -2.01. The summed E-state index contributed by atoms with van der Waals surface area (Å²) in [6.07, 6.45) is 0. The molecule has 94 valence electrons. The molecule has 0 aliphatic carbocycles. The van der Waals surface area contributed by atoms with E-state index in [1.54, 1.807) is 0 Å². The van der Waals surface area contributed by atoms with E-state index in [2.05, 4.69) is 21.2 Å². The molecular weight excluding hydrogens is 333 g/mol. The predicted molar refractivity (Wildman–Crippen MR) is 82.7 cm³/mol. The fraction of sp³-hybridized carbons (Fsp3) is 0.143. The Bertz CT molecular complexity index is 570. The molecule has 0 bridgehead atoms. The van der Waals surface area contributed by atoms with E-state index in [0.29, 0.717) is 6.54 Å². The van der Waals surface area contributed by atoms with E-state index < -0.39 is 0 Å². The van der Waals surface area contributed by atoms with E-state index in [0.717, 1.165) is 31.3 Å². The van der Waals surface area contributed by atoms with Crippen molar-refractivity contribution in [3.63, 3.8) is 0 Å².